The molecular weight excluding hydrogens is 338 g/mol. The summed E-state index contributed by atoms with van der Waals surface area (Å²) >= 11 is 6.06. The Kier molecular flexibility index (Phi) is 5.66. The van der Waals surface area contributed by atoms with Gasteiger partial charge < -0.3 is 10.2 Å². The van der Waals surface area contributed by atoms with E-state index in [1.807, 2.05) is 4.90 Å². The van der Waals surface area contributed by atoms with Crippen molar-refractivity contribution in [3.8, 4) is 0 Å². The third-order valence-corrected chi connectivity index (χ3v) is 4.59. The molecule has 2 amide bonds. The third-order valence-electron chi connectivity index (χ3n) is 4.26. The standard InChI is InChI=1S/C19H20ClN3O2/c20-16-7-3-4-8-17(16)22-18(24)14-11-15(13-21-12-14)19(25)23-9-5-1-2-6-10-23/h3-4,7-8,11-13H,1-2,5-6,9-10H2,(H,22,24). The fourth-order valence-electron chi connectivity index (χ4n) is 2.89. The summed E-state index contributed by atoms with van der Waals surface area (Å²) < 4.78 is 0. The van der Waals surface area contributed by atoms with E-state index in [-0.39, 0.29) is 11.8 Å². The summed E-state index contributed by atoms with van der Waals surface area (Å²) in [7, 11) is 0. The Hall–Kier alpha value is -2.40. The Labute approximate surface area is 152 Å². The lowest BCUT2D eigenvalue weighted by Gasteiger charge is -2.20. The Bertz CT molecular complexity index is 771. The summed E-state index contributed by atoms with van der Waals surface area (Å²) in [6, 6.07) is 8.60. The van der Waals surface area contributed by atoms with Gasteiger partial charge in [0.25, 0.3) is 11.8 Å². The lowest BCUT2D eigenvalue weighted by atomic mass is 10.1. The zero-order chi connectivity index (χ0) is 17.6. The Morgan fingerprint density at radius 2 is 1.68 bits per heavy atom. The van der Waals surface area contributed by atoms with Gasteiger partial charge in [-0.2, -0.15) is 0 Å². The smallest absolute Gasteiger partial charge is 0.257 e. The van der Waals surface area contributed by atoms with Crippen LogP contribution in [0, 0.1) is 0 Å². The molecular formula is C19H20ClN3O2. The molecule has 0 spiro atoms. The first-order valence-electron chi connectivity index (χ1n) is 8.45. The van der Waals surface area contributed by atoms with E-state index in [0.29, 0.717) is 21.8 Å². The minimum Gasteiger partial charge on any atom is -0.339 e. The Morgan fingerprint density at radius 1 is 1.00 bits per heavy atom. The molecule has 0 bridgehead atoms. The molecule has 0 atom stereocenters. The van der Waals surface area contributed by atoms with E-state index in [1.165, 1.54) is 12.4 Å². The molecule has 1 aromatic heterocycles. The van der Waals surface area contributed by atoms with Crippen LogP contribution in [0.5, 0.6) is 0 Å². The lowest BCUT2D eigenvalue weighted by molar-refractivity contribution is 0.0761. The van der Waals surface area contributed by atoms with Crippen molar-refractivity contribution in [1.82, 2.24) is 9.88 Å². The van der Waals surface area contributed by atoms with Crippen molar-refractivity contribution in [2.75, 3.05) is 18.4 Å². The van der Waals surface area contributed by atoms with Gasteiger partial charge in [0.05, 0.1) is 21.8 Å². The summed E-state index contributed by atoms with van der Waals surface area (Å²) in [6.45, 7) is 1.52. The van der Waals surface area contributed by atoms with Crippen molar-refractivity contribution in [1.29, 1.82) is 0 Å². The Balaban J connectivity index is 1.75. The number of rotatable bonds is 3. The number of anilines is 1. The molecule has 130 valence electrons. The van der Waals surface area contributed by atoms with Crippen LogP contribution in [0.25, 0.3) is 0 Å². The number of pyridine rings is 1. The van der Waals surface area contributed by atoms with E-state index in [1.54, 1.807) is 30.3 Å². The molecule has 2 aromatic rings. The van der Waals surface area contributed by atoms with E-state index < -0.39 is 0 Å². The number of likely N-dealkylation sites (tertiary alicyclic amines) is 1. The van der Waals surface area contributed by atoms with Crippen molar-refractivity contribution in [2.24, 2.45) is 0 Å². The van der Waals surface area contributed by atoms with Gasteiger partial charge in [0.2, 0.25) is 0 Å². The van der Waals surface area contributed by atoms with Crippen molar-refractivity contribution < 1.29 is 9.59 Å². The number of carbonyl (C=O) groups excluding carboxylic acids is 2. The number of halogens is 1. The monoisotopic (exact) mass is 357 g/mol. The molecule has 1 aliphatic heterocycles. The number of benzene rings is 1. The Morgan fingerprint density at radius 3 is 2.40 bits per heavy atom. The second kappa shape index (κ2) is 8.12. The normalized spacial score (nSPS) is 14.7. The number of nitrogens with zero attached hydrogens (tertiary/aromatic N) is 2. The van der Waals surface area contributed by atoms with Crippen LogP contribution >= 0.6 is 11.6 Å². The average molecular weight is 358 g/mol. The molecule has 1 aromatic carbocycles. The van der Waals surface area contributed by atoms with Crippen LogP contribution in [0.4, 0.5) is 5.69 Å². The number of amides is 2. The maximum atomic E-state index is 12.7. The predicted octanol–water partition coefficient (Wildman–Crippen LogP) is 4.00. The highest BCUT2D eigenvalue weighted by Gasteiger charge is 2.19. The minimum absolute atomic E-state index is 0.0678. The summed E-state index contributed by atoms with van der Waals surface area (Å²) in [4.78, 5) is 31.0. The molecule has 0 saturated carbocycles. The number of aromatic nitrogens is 1. The van der Waals surface area contributed by atoms with Gasteiger partial charge in [0, 0.05) is 25.5 Å². The quantitative estimate of drug-likeness (QED) is 0.902. The summed E-state index contributed by atoms with van der Waals surface area (Å²) in [5.74, 6) is -0.409. The van der Waals surface area contributed by atoms with Crippen molar-refractivity contribution in [3.05, 3.63) is 58.9 Å². The zero-order valence-corrected chi connectivity index (χ0v) is 14.6. The molecule has 1 saturated heterocycles. The lowest BCUT2D eigenvalue weighted by Crippen LogP contribution is -2.32. The number of para-hydroxylation sites is 1. The second-order valence-corrected chi connectivity index (χ2v) is 6.51. The molecule has 1 fully saturated rings. The van der Waals surface area contributed by atoms with Gasteiger partial charge in [-0.25, -0.2) is 0 Å². The number of carbonyl (C=O) groups is 2. The van der Waals surface area contributed by atoms with Crippen LogP contribution in [0.15, 0.2) is 42.7 Å². The molecule has 3 rings (SSSR count). The summed E-state index contributed by atoms with van der Waals surface area (Å²) in [5, 5.41) is 3.21. The van der Waals surface area contributed by atoms with Crippen LogP contribution in [0.1, 0.15) is 46.4 Å². The van der Waals surface area contributed by atoms with Crippen molar-refractivity contribution >= 4 is 29.1 Å². The molecule has 1 aliphatic rings. The van der Waals surface area contributed by atoms with E-state index in [0.717, 1.165) is 38.8 Å². The van der Waals surface area contributed by atoms with Gasteiger partial charge >= 0.3 is 0 Å². The second-order valence-electron chi connectivity index (χ2n) is 6.10. The van der Waals surface area contributed by atoms with Crippen molar-refractivity contribution in [2.45, 2.75) is 25.7 Å². The largest absolute Gasteiger partial charge is 0.339 e. The maximum absolute atomic E-state index is 12.7. The number of hydrogen-bond donors (Lipinski definition) is 1. The van der Waals surface area contributed by atoms with Gasteiger partial charge in [-0.05, 0) is 31.0 Å². The van der Waals surface area contributed by atoms with Crippen LogP contribution in [-0.4, -0.2) is 34.8 Å². The van der Waals surface area contributed by atoms with E-state index in [9.17, 15) is 9.59 Å². The predicted molar refractivity (Wildman–Crippen MR) is 98.0 cm³/mol. The van der Waals surface area contributed by atoms with Gasteiger partial charge in [0.15, 0.2) is 0 Å². The number of nitrogens with one attached hydrogen (secondary N) is 1. The highest BCUT2D eigenvalue weighted by Crippen LogP contribution is 2.21. The molecule has 0 aliphatic carbocycles. The SMILES string of the molecule is O=C(Nc1ccccc1Cl)c1cncc(C(=O)N2CCCCCC2)c1. The maximum Gasteiger partial charge on any atom is 0.257 e. The van der Waals surface area contributed by atoms with E-state index in [2.05, 4.69) is 10.3 Å². The fourth-order valence-corrected chi connectivity index (χ4v) is 3.08. The highest BCUT2D eigenvalue weighted by atomic mass is 35.5. The van der Waals surface area contributed by atoms with Gasteiger partial charge in [-0.1, -0.05) is 36.6 Å². The third kappa shape index (κ3) is 4.37. The van der Waals surface area contributed by atoms with Gasteiger partial charge in [-0.15, -0.1) is 0 Å². The van der Waals surface area contributed by atoms with E-state index >= 15 is 0 Å². The summed E-state index contributed by atoms with van der Waals surface area (Å²) in [6.07, 6.45) is 7.31. The molecule has 1 N–H and O–H groups in total. The first-order chi connectivity index (χ1) is 12.1. The molecule has 25 heavy (non-hydrogen) atoms. The molecule has 2 heterocycles. The molecule has 6 heteroatoms. The topological polar surface area (TPSA) is 62.3 Å². The minimum atomic E-state index is -0.342. The molecule has 5 nitrogen and oxygen atoms in total. The van der Waals surface area contributed by atoms with Crippen LogP contribution < -0.4 is 5.32 Å². The molecule has 0 unspecified atom stereocenters. The van der Waals surface area contributed by atoms with Crippen LogP contribution in [-0.2, 0) is 0 Å². The summed E-state index contributed by atoms with van der Waals surface area (Å²) in [5.41, 5.74) is 1.30. The van der Waals surface area contributed by atoms with E-state index in [4.69, 9.17) is 11.6 Å². The zero-order valence-electron chi connectivity index (χ0n) is 13.9. The van der Waals surface area contributed by atoms with Crippen LogP contribution in [0.3, 0.4) is 0 Å². The first kappa shape index (κ1) is 17.4. The number of hydrogen-bond acceptors (Lipinski definition) is 3. The molecule has 0 radical (unpaired) electrons. The highest BCUT2D eigenvalue weighted by molar-refractivity contribution is 6.33. The van der Waals surface area contributed by atoms with Crippen LogP contribution in [0.2, 0.25) is 5.02 Å². The van der Waals surface area contributed by atoms with Gasteiger partial charge in [-0.3, -0.25) is 14.6 Å². The first-order valence-corrected chi connectivity index (χ1v) is 8.83. The fraction of sp³-hybridized carbons (Fsp3) is 0.316. The average Bonchev–Trinajstić information content (AvgIpc) is 2.92. The van der Waals surface area contributed by atoms with Crippen molar-refractivity contribution in [3.63, 3.8) is 0 Å². The van der Waals surface area contributed by atoms with Gasteiger partial charge in [0.1, 0.15) is 0 Å².